The molecule has 1 aromatic rings. The van der Waals surface area contributed by atoms with E-state index in [4.69, 9.17) is 4.74 Å². The van der Waals surface area contributed by atoms with Gasteiger partial charge in [-0.3, -0.25) is 0 Å². The number of hydrogen-bond acceptors (Lipinski definition) is 4. The Kier molecular flexibility index (Phi) is 5.74. The summed E-state index contributed by atoms with van der Waals surface area (Å²) in [4.78, 5) is 0. The van der Waals surface area contributed by atoms with Gasteiger partial charge in [-0.25, -0.2) is 8.42 Å². The SMILES string of the molecule is CC1CCC(O)(CS(=O)(=O)Cc2ccccc2OC(C)C)CC1. The van der Waals surface area contributed by atoms with Crippen molar-refractivity contribution in [2.45, 2.75) is 63.9 Å². The number of para-hydroxylation sites is 1. The van der Waals surface area contributed by atoms with Crippen molar-refractivity contribution in [1.82, 2.24) is 0 Å². The van der Waals surface area contributed by atoms with Crippen LogP contribution in [0.25, 0.3) is 0 Å². The zero-order valence-electron chi connectivity index (χ0n) is 14.3. The zero-order chi connectivity index (χ0) is 17.1. The quantitative estimate of drug-likeness (QED) is 0.863. The fourth-order valence-electron chi connectivity index (χ4n) is 3.13. The summed E-state index contributed by atoms with van der Waals surface area (Å²) in [7, 11) is -3.40. The summed E-state index contributed by atoms with van der Waals surface area (Å²) >= 11 is 0. The molecule has 0 spiro atoms. The summed E-state index contributed by atoms with van der Waals surface area (Å²) in [5.74, 6) is 0.921. The van der Waals surface area contributed by atoms with E-state index in [1.165, 1.54) is 0 Å². The Labute approximate surface area is 139 Å². The molecule has 1 saturated carbocycles. The van der Waals surface area contributed by atoms with Crippen molar-refractivity contribution in [3.63, 3.8) is 0 Å². The lowest BCUT2D eigenvalue weighted by atomic mass is 9.81. The third kappa shape index (κ3) is 5.50. The lowest BCUT2D eigenvalue weighted by molar-refractivity contribution is 0.0135. The highest BCUT2D eigenvalue weighted by molar-refractivity contribution is 7.90. The standard InChI is InChI=1S/C18H28O4S/c1-14(2)22-17-7-5-4-6-16(17)12-23(20,21)13-18(19)10-8-15(3)9-11-18/h4-7,14-15,19H,8-13H2,1-3H3. The summed E-state index contributed by atoms with van der Waals surface area (Å²) in [6, 6.07) is 7.23. The number of benzene rings is 1. The summed E-state index contributed by atoms with van der Waals surface area (Å²) in [5, 5.41) is 10.6. The van der Waals surface area contributed by atoms with E-state index in [1.807, 2.05) is 26.0 Å². The van der Waals surface area contributed by atoms with Gasteiger partial charge < -0.3 is 9.84 Å². The molecule has 0 atom stereocenters. The lowest BCUT2D eigenvalue weighted by Crippen LogP contribution is -2.40. The van der Waals surface area contributed by atoms with Crippen LogP contribution in [0.15, 0.2) is 24.3 Å². The first-order chi connectivity index (χ1) is 10.7. The minimum Gasteiger partial charge on any atom is -0.491 e. The Morgan fingerprint density at radius 1 is 1.26 bits per heavy atom. The first kappa shape index (κ1) is 18.3. The van der Waals surface area contributed by atoms with Crippen molar-refractivity contribution in [1.29, 1.82) is 0 Å². The molecular weight excluding hydrogens is 312 g/mol. The maximum atomic E-state index is 12.6. The van der Waals surface area contributed by atoms with Crippen molar-refractivity contribution in [3.8, 4) is 5.75 Å². The van der Waals surface area contributed by atoms with Crippen LogP contribution in [-0.2, 0) is 15.6 Å². The van der Waals surface area contributed by atoms with Gasteiger partial charge in [0.2, 0.25) is 0 Å². The Bertz CT molecular complexity index is 614. The van der Waals surface area contributed by atoms with E-state index in [9.17, 15) is 13.5 Å². The number of rotatable bonds is 6. The van der Waals surface area contributed by atoms with Gasteiger partial charge in [0.1, 0.15) is 5.75 Å². The summed E-state index contributed by atoms with van der Waals surface area (Å²) in [6.07, 6.45) is 2.90. The lowest BCUT2D eigenvalue weighted by Gasteiger charge is -2.34. The van der Waals surface area contributed by atoms with Gasteiger partial charge >= 0.3 is 0 Å². The highest BCUT2D eigenvalue weighted by Crippen LogP contribution is 2.33. The first-order valence-electron chi connectivity index (χ1n) is 8.36. The monoisotopic (exact) mass is 340 g/mol. The molecule has 0 bridgehead atoms. The van der Waals surface area contributed by atoms with Gasteiger partial charge in [-0.1, -0.05) is 25.1 Å². The Morgan fingerprint density at radius 2 is 1.87 bits per heavy atom. The summed E-state index contributed by atoms with van der Waals surface area (Å²) in [6.45, 7) is 5.97. The molecule has 0 amide bonds. The Balaban J connectivity index is 2.10. The second kappa shape index (κ2) is 7.22. The van der Waals surface area contributed by atoms with Gasteiger partial charge in [-0.05, 0) is 51.5 Å². The highest BCUT2D eigenvalue weighted by Gasteiger charge is 2.36. The second-order valence-electron chi connectivity index (χ2n) is 7.21. The van der Waals surface area contributed by atoms with Crippen LogP contribution in [0.1, 0.15) is 52.0 Å². The van der Waals surface area contributed by atoms with Crippen LogP contribution in [0, 0.1) is 5.92 Å². The molecule has 1 N–H and O–H groups in total. The fraction of sp³-hybridized carbons (Fsp3) is 0.667. The first-order valence-corrected chi connectivity index (χ1v) is 10.2. The van der Waals surface area contributed by atoms with E-state index in [0.717, 1.165) is 12.8 Å². The van der Waals surface area contributed by atoms with E-state index in [2.05, 4.69) is 6.92 Å². The van der Waals surface area contributed by atoms with E-state index in [0.29, 0.717) is 30.1 Å². The Morgan fingerprint density at radius 3 is 2.48 bits per heavy atom. The molecule has 1 aromatic carbocycles. The molecule has 0 saturated heterocycles. The molecule has 0 aromatic heterocycles. The van der Waals surface area contributed by atoms with Crippen LogP contribution >= 0.6 is 0 Å². The van der Waals surface area contributed by atoms with Crippen LogP contribution < -0.4 is 4.74 Å². The van der Waals surface area contributed by atoms with Gasteiger partial charge in [0.15, 0.2) is 9.84 Å². The van der Waals surface area contributed by atoms with E-state index < -0.39 is 15.4 Å². The minimum atomic E-state index is -3.40. The van der Waals surface area contributed by atoms with Gasteiger partial charge in [-0.2, -0.15) is 0 Å². The van der Waals surface area contributed by atoms with Crippen LogP contribution in [0.4, 0.5) is 0 Å². The number of ether oxygens (including phenoxy) is 1. The van der Waals surface area contributed by atoms with E-state index in [-0.39, 0.29) is 17.6 Å². The largest absolute Gasteiger partial charge is 0.491 e. The topological polar surface area (TPSA) is 63.6 Å². The van der Waals surface area contributed by atoms with Gasteiger partial charge in [0.25, 0.3) is 0 Å². The second-order valence-corrected chi connectivity index (χ2v) is 9.28. The third-order valence-electron chi connectivity index (χ3n) is 4.40. The smallest absolute Gasteiger partial charge is 0.157 e. The third-order valence-corrected chi connectivity index (χ3v) is 6.13. The average Bonchev–Trinajstić information content (AvgIpc) is 2.43. The molecule has 0 radical (unpaired) electrons. The number of hydrogen-bond donors (Lipinski definition) is 1. The molecule has 1 aliphatic carbocycles. The normalized spacial score (nSPS) is 25.5. The van der Waals surface area contributed by atoms with Crippen LogP contribution in [0.2, 0.25) is 0 Å². The predicted octanol–water partition coefficient (Wildman–Crippen LogP) is 3.33. The van der Waals surface area contributed by atoms with Crippen molar-refractivity contribution in [3.05, 3.63) is 29.8 Å². The molecule has 23 heavy (non-hydrogen) atoms. The van der Waals surface area contributed by atoms with Crippen molar-refractivity contribution in [2.75, 3.05) is 5.75 Å². The molecule has 1 fully saturated rings. The van der Waals surface area contributed by atoms with Crippen LogP contribution in [-0.4, -0.2) is 31.0 Å². The van der Waals surface area contributed by atoms with Crippen molar-refractivity contribution < 1.29 is 18.3 Å². The molecule has 1 aliphatic rings. The summed E-state index contributed by atoms with van der Waals surface area (Å²) in [5.41, 5.74) is -0.409. The van der Waals surface area contributed by atoms with Crippen LogP contribution in [0.5, 0.6) is 5.75 Å². The summed E-state index contributed by atoms with van der Waals surface area (Å²) < 4.78 is 30.8. The van der Waals surface area contributed by atoms with Crippen molar-refractivity contribution in [2.24, 2.45) is 5.92 Å². The molecule has 2 rings (SSSR count). The number of aliphatic hydroxyl groups is 1. The average molecular weight is 340 g/mol. The fourth-order valence-corrected chi connectivity index (χ4v) is 5.05. The molecule has 4 nitrogen and oxygen atoms in total. The number of sulfone groups is 1. The molecule has 130 valence electrons. The molecule has 0 unspecified atom stereocenters. The van der Waals surface area contributed by atoms with Crippen molar-refractivity contribution >= 4 is 9.84 Å². The predicted molar refractivity (Wildman–Crippen MR) is 92.3 cm³/mol. The van der Waals surface area contributed by atoms with Gasteiger partial charge in [0, 0.05) is 5.56 Å². The highest BCUT2D eigenvalue weighted by atomic mass is 32.2. The maximum Gasteiger partial charge on any atom is 0.157 e. The Hall–Kier alpha value is -1.07. The minimum absolute atomic E-state index is 0.0112. The van der Waals surface area contributed by atoms with Gasteiger partial charge in [0.05, 0.1) is 23.2 Å². The molecule has 0 heterocycles. The molecule has 0 aliphatic heterocycles. The maximum absolute atomic E-state index is 12.6. The van der Waals surface area contributed by atoms with E-state index in [1.54, 1.807) is 12.1 Å². The van der Waals surface area contributed by atoms with E-state index >= 15 is 0 Å². The van der Waals surface area contributed by atoms with Crippen LogP contribution in [0.3, 0.4) is 0 Å². The molecular formula is C18H28O4S. The van der Waals surface area contributed by atoms with Gasteiger partial charge in [-0.15, -0.1) is 0 Å². The molecule has 5 heteroatoms. The zero-order valence-corrected chi connectivity index (χ0v) is 15.1.